The highest BCUT2D eigenvalue weighted by Crippen LogP contribution is 2.36. The van der Waals surface area contributed by atoms with Crippen LogP contribution in [0.2, 0.25) is 0 Å². The number of amides is 1. The Labute approximate surface area is 145 Å². The van der Waals surface area contributed by atoms with E-state index in [1.807, 2.05) is 38.1 Å². The molecule has 4 nitrogen and oxygen atoms in total. The van der Waals surface area contributed by atoms with Crippen LogP contribution in [-0.2, 0) is 9.53 Å². The van der Waals surface area contributed by atoms with Crippen molar-refractivity contribution in [2.75, 3.05) is 11.9 Å². The predicted octanol–water partition coefficient (Wildman–Crippen LogP) is 4.79. The maximum Gasteiger partial charge on any atom is 0.256 e. The fourth-order valence-corrected chi connectivity index (χ4v) is 3.34. The van der Waals surface area contributed by atoms with E-state index in [1.54, 1.807) is 0 Å². The largest absolute Gasteiger partial charge is 0.491 e. The first-order valence-corrected chi connectivity index (χ1v) is 9.17. The van der Waals surface area contributed by atoms with Crippen LogP contribution in [0.5, 0.6) is 5.75 Å². The fourth-order valence-electron chi connectivity index (χ4n) is 3.34. The van der Waals surface area contributed by atoms with Crippen molar-refractivity contribution in [3.8, 4) is 5.75 Å². The number of carbonyl (C=O) groups excluding carboxylic acids is 1. The molecule has 2 atom stereocenters. The van der Waals surface area contributed by atoms with E-state index >= 15 is 0 Å². The predicted molar refractivity (Wildman–Crippen MR) is 97.4 cm³/mol. The molecule has 0 radical (unpaired) electrons. The Morgan fingerprint density at radius 2 is 2.04 bits per heavy atom. The fraction of sp³-hybridized carbons (Fsp3) is 0.650. The molecule has 1 saturated carbocycles. The maximum atomic E-state index is 12.9. The summed E-state index contributed by atoms with van der Waals surface area (Å²) in [6.45, 7) is 8.89. The first kappa shape index (κ1) is 18.8. The standard InChI is InChI=1S/C20H31NO3/c1-5-13-23-20(12-6-7-16(4)14-20)19(22)21-17-8-10-18(11-9-17)24-15(2)3/h8-11,15-16H,5-7,12-14H2,1-4H3,(H,21,22). The molecule has 1 N–H and O–H groups in total. The summed E-state index contributed by atoms with van der Waals surface area (Å²) in [5.74, 6) is 1.31. The van der Waals surface area contributed by atoms with E-state index in [4.69, 9.17) is 9.47 Å². The lowest BCUT2D eigenvalue weighted by atomic mass is 9.78. The number of ether oxygens (including phenoxy) is 2. The molecule has 0 aromatic heterocycles. The van der Waals surface area contributed by atoms with E-state index in [1.165, 1.54) is 6.42 Å². The molecule has 1 amide bonds. The summed E-state index contributed by atoms with van der Waals surface area (Å²) in [7, 11) is 0. The van der Waals surface area contributed by atoms with Crippen molar-refractivity contribution in [2.45, 2.75) is 71.5 Å². The average molecular weight is 333 g/mol. The lowest BCUT2D eigenvalue weighted by molar-refractivity contribution is -0.148. The van der Waals surface area contributed by atoms with Crippen molar-refractivity contribution in [3.63, 3.8) is 0 Å². The van der Waals surface area contributed by atoms with E-state index in [9.17, 15) is 4.79 Å². The molecule has 1 aliphatic carbocycles. The normalized spacial score (nSPS) is 24.0. The van der Waals surface area contributed by atoms with Crippen molar-refractivity contribution in [1.29, 1.82) is 0 Å². The highest BCUT2D eigenvalue weighted by molar-refractivity contribution is 5.97. The van der Waals surface area contributed by atoms with Crippen molar-refractivity contribution in [2.24, 2.45) is 5.92 Å². The molecule has 0 heterocycles. The summed E-state index contributed by atoms with van der Waals surface area (Å²) in [5.41, 5.74) is 0.106. The summed E-state index contributed by atoms with van der Waals surface area (Å²) in [4.78, 5) is 12.9. The van der Waals surface area contributed by atoms with Gasteiger partial charge in [0.05, 0.1) is 6.10 Å². The Kier molecular flexibility index (Phi) is 6.67. The number of nitrogens with one attached hydrogen (secondary N) is 1. The van der Waals surface area contributed by atoms with Crippen LogP contribution in [0.1, 0.15) is 59.8 Å². The van der Waals surface area contributed by atoms with Gasteiger partial charge in [-0.15, -0.1) is 0 Å². The molecule has 4 heteroatoms. The van der Waals surface area contributed by atoms with E-state index in [-0.39, 0.29) is 12.0 Å². The number of hydrogen-bond acceptors (Lipinski definition) is 3. The van der Waals surface area contributed by atoms with Crippen LogP contribution in [0.3, 0.4) is 0 Å². The summed E-state index contributed by atoms with van der Waals surface area (Å²) >= 11 is 0. The number of anilines is 1. The molecule has 0 spiro atoms. The van der Waals surface area contributed by atoms with Crippen LogP contribution in [-0.4, -0.2) is 24.2 Å². The van der Waals surface area contributed by atoms with Gasteiger partial charge in [0.2, 0.25) is 0 Å². The molecule has 0 saturated heterocycles. The first-order chi connectivity index (χ1) is 11.4. The number of carbonyl (C=O) groups is 1. The van der Waals surface area contributed by atoms with E-state index in [0.717, 1.165) is 37.1 Å². The van der Waals surface area contributed by atoms with Gasteiger partial charge in [-0.05, 0) is 69.7 Å². The minimum atomic E-state index is -0.680. The minimum Gasteiger partial charge on any atom is -0.491 e. The lowest BCUT2D eigenvalue weighted by Gasteiger charge is -2.38. The van der Waals surface area contributed by atoms with Gasteiger partial charge in [-0.1, -0.05) is 20.3 Å². The lowest BCUT2D eigenvalue weighted by Crippen LogP contribution is -2.48. The molecule has 0 aliphatic heterocycles. The molecule has 134 valence electrons. The first-order valence-electron chi connectivity index (χ1n) is 9.17. The average Bonchev–Trinajstić information content (AvgIpc) is 2.54. The van der Waals surface area contributed by atoms with E-state index < -0.39 is 5.60 Å². The van der Waals surface area contributed by atoms with Gasteiger partial charge < -0.3 is 14.8 Å². The molecule has 24 heavy (non-hydrogen) atoms. The Balaban J connectivity index is 2.06. The topological polar surface area (TPSA) is 47.6 Å². The molecular formula is C20H31NO3. The van der Waals surface area contributed by atoms with E-state index in [0.29, 0.717) is 12.5 Å². The highest BCUT2D eigenvalue weighted by atomic mass is 16.5. The Morgan fingerprint density at radius 1 is 1.33 bits per heavy atom. The summed E-state index contributed by atoms with van der Waals surface area (Å²) < 4.78 is 11.7. The Bertz CT molecular complexity index is 526. The second-order valence-corrected chi connectivity index (χ2v) is 7.19. The third-order valence-electron chi connectivity index (χ3n) is 4.44. The molecule has 1 aromatic carbocycles. The minimum absolute atomic E-state index is 0.0139. The quantitative estimate of drug-likeness (QED) is 0.780. The van der Waals surface area contributed by atoms with Gasteiger partial charge in [0.25, 0.3) is 5.91 Å². The Morgan fingerprint density at radius 3 is 2.62 bits per heavy atom. The second kappa shape index (κ2) is 8.52. The zero-order valence-electron chi connectivity index (χ0n) is 15.4. The van der Waals surface area contributed by atoms with Gasteiger partial charge >= 0.3 is 0 Å². The highest BCUT2D eigenvalue weighted by Gasteiger charge is 2.42. The van der Waals surface area contributed by atoms with Gasteiger partial charge in [0.1, 0.15) is 11.4 Å². The molecule has 1 aromatic rings. The van der Waals surface area contributed by atoms with Gasteiger partial charge in [-0.2, -0.15) is 0 Å². The smallest absolute Gasteiger partial charge is 0.256 e. The molecule has 0 bridgehead atoms. The van der Waals surface area contributed by atoms with Gasteiger partial charge in [0.15, 0.2) is 0 Å². The number of hydrogen-bond donors (Lipinski definition) is 1. The molecule has 2 rings (SSSR count). The number of benzene rings is 1. The van der Waals surface area contributed by atoms with Crippen molar-refractivity contribution < 1.29 is 14.3 Å². The third kappa shape index (κ3) is 4.97. The van der Waals surface area contributed by atoms with Crippen LogP contribution in [0.25, 0.3) is 0 Å². The summed E-state index contributed by atoms with van der Waals surface area (Å²) in [6, 6.07) is 7.54. The second-order valence-electron chi connectivity index (χ2n) is 7.19. The van der Waals surface area contributed by atoms with Crippen LogP contribution in [0.4, 0.5) is 5.69 Å². The van der Waals surface area contributed by atoms with Crippen molar-refractivity contribution in [3.05, 3.63) is 24.3 Å². The zero-order chi connectivity index (χ0) is 17.6. The van der Waals surface area contributed by atoms with Gasteiger partial charge in [-0.3, -0.25) is 4.79 Å². The molecular weight excluding hydrogens is 302 g/mol. The molecule has 1 aliphatic rings. The van der Waals surface area contributed by atoms with Crippen molar-refractivity contribution >= 4 is 11.6 Å². The Hall–Kier alpha value is -1.55. The summed E-state index contributed by atoms with van der Waals surface area (Å²) in [6.07, 6.45) is 4.88. The van der Waals surface area contributed by atoms with E-state index in [2.05, 4.69) is 19.2 Å². The van der Waals surface area contributed by atoms with Crippen LogP contribution >= 0.6 is 0 Å². The van der Waals surface area contributed by atoms with Crippen LogP contribution < -0.4 is 10.1 Å². The zero-order valence-corrected chi connectivity index (χ0v) is 15.4. The van der Waals surface area contributed by atoms with Crippen molar-refractivity contribution in [1.82, 2.24) is 0 Å². The van der Waals surface area contributed by atoms with Crippen LogP contribution in [0.15, 0.2) is 24.3 Å². The van der Waals surface area contributed by atoms with Gasteiger partial charge in [-0.25, -0.2) is 0 Å². The third-order valence-corrected chi connectivity index (χ3v) is 4.44. The SMILES string of the molecule is CCCOC1(C(=O)Nc2ccc(OC(C)C)cc2)CCCC(C)C1. The molecule has 1 fully saturated rings. The maximum absolute atomic E-state index is 12.9. The van der Waals surface area contributed by atoms with Gasteiger partial charge in [0, 0.05) is 12.3 Å². The monoisotopic (exact) mass is 333 g/mol. The summed E-state index contributed by atoms with van der Waals surface area (Å²) in [5, 5.41) is 3.04. The van der Waals surface area contributed by atoms with Crippen LogP contribution in [0, 0.1) is 5.92 Å². The molecule has 2 unspecified atom stereocenters. The number of rotatable bonds is 7.